The monoisotopic (exact) mass is 228 g/mol. The van der Waals surface area contributed by atoms with Crippen molar-refractivity contribution in [2.45, 2.75) is 26.2 Å². The molecule has 0 fully saturated rings. The fraction of sp³-hybridized carbons (Fsp3) is 0.417. The van der Waals surface area contributed by atoms with E-state index in [1.165, 1.54) is 6.07 Å². The fourth-order valence-corrected chi connectivity index (χ4v) is 1.31. The number of carbonyl (C=O) groups excluding carboxylic acids is 1. The second kappa shape index (κ2) is 4.60. The van der Waals surface area contributed by atoms with E-state index in [-0.39, 0.29) is 6.61 Å². The largest absolute Gasteiger partial charge is 0.465 e. The molecule has 1 rings (SSSR count). The first-order valence-corrected chi connectivity index (χ1v) is 5.02. The molecule has 0 saturated carbocycles. The molecule has 4 heteroatoms. The summed E-state index contributed by atoms with van der Waals surface area (Å²) in [6, 6.07) is 3.41. The van der Waals surface area contributed by atoms with Crippen LogP contribution in [0.2, 0.25) is 0 Å². The fourth-order valence-electron chi connectivity index (χ4n) is 1.31. The zero-order chi connectivity index (χ0) is 12.3. The van der Waals surface area contributed by atoms with Crippen molar-refractivity contribution in [1.82, 2.24) is 0 Å². The third kappa shape index (κ3) is 2.38. The van der Waals surface area contributed by atoms with Crippen LogP contribution in [-0.4, -0.2) is 12.6 Å². The Labute approximate surface area is 93.2 Å². The molecule has 0 aliphatic carbocycles. The summed E-state index contributed by atoms with van der Waals surface area (Å²) < 4.78 is 30.7. The Hall–Kier alpha value is -1.45. The van der Waals surface area contributed by atoms with E-state index in [1.807, 2.05) is 0 Å². The van der Waals surface area contributed by atoms with Crippen LogP contribution in [0.15, 0.2) is 18.2 Å². The molecule has 0 unspecified atom stereocenters. The SMILES string of the molecule is CCOC(=O)C(C)(C)c1ccc(F)c(F)c1. The Morgan fingerprint density at radius 1 is 1.31 bits per heavy atom. The molecule has 0 radical (unpaired) electrons. The third-order valence-electron chi connectivity index (χ3n) is 2.43. The van der Waals surface area contributed by atoms with Crippen LogP contribution in [0.5, 0.6) is 0 Å². The number of esters is 1. The smallest absolute Gasteiger partial charge is 0.315 e. The maximum absolute atomic E-state index is 13.0. The van der Waals surface area contributed by atoms with E-state index in [4.69, 9.17) is 4.74 Å². The van der Waals surface area contributed by atoms with Gasteiger partial charge in [-0.1, -0.05) is 6.07 Å². The molecular weight excluding hydrogens is 214 g/mol. The first-order valence-electron chi connectivity index (χ1n) is 5.02. The van der Waals surface area contributed by atoms with Crippen molar-refractivity contribution >= 4 is 5.97 Å². The van der Waals surface area contributed by atoms with Crippen LogP contribution in [0.3, 0.4) is 0 Å². The van der Waals surface area contributed by atoms with E-state index in [1.54, 1.807) is 20.8 Å². The molecular formula is C12H14F2O2. The highest BCUT2D eigenvalue weighted by Gasteiger charge is 2.31. The van der Waals surface area contributed by atoms with E-state index < -0.39 is 23.0 Å². The predicted molar refractivity (Wildman–Crippen MR) is 56.0 cm³/mol. The summed E-state index contributed by atoms with van der Waals surface area (Å²) in [6.45, 7) is 5.17. The van der Waals surface area contributed by atoms with Crippen LogP contribution >= 0.6 is 0 Å². The number of ether oxygens (including phenoxy) is 1. The maximum atomic E-state index is 13.0. The molecule has 0 amide bonds. The van der Waals surface area contributed by atoms with Gasteiger partial charge in [0.1, 0.15) is 0 Å². The van der Waals surface area contributed by atoms with Gasteiger partial charge in [0, 0.05) is 0 Å². The zero-order valence-electron chi connectivity index (χ0n) is 9.51. The van der Waals surface area contributed by atoms with Crippen molar-refractivity contribution in [1.29, 1.82) is 0 Å². The number of hydrogen-bond donors (Lipinski definition) is 0. The molecule has 0 aliphatic rings. The zero-order valence-corrected chi connectivity index (χ0v) is 9.51. The Balaban J connectivity index is 3.06. The van der Waals surface area contributed by atoms with Crippen molar-refractivity contribution < 1.29 is 18.3 Å². The average molecular weight is 228 g/mol. The second-order valence-corrected chi connectivity index (χ2v) is 3.97. The van der Waals surface area contributed by atoms with E-state index in [0.717, 1.165) is 12.1 Å². The Morgan fingerprint density at radius 3 is 2.44 bits per heavy atom. The molecule has 16 heavy (non-hydrogen) atoms. The second-order valence-electron chi connectivity index (χ2n) is 3.97. The summed E-state index contributed by atoms with van der Waals surface area (Å²) in [4.78, 5) is 11.6. The number of benzene rings is 1. The first kappa shape index (κ1) is 12.6. The summed E-state index contributed by atoms with van der Waals surface area (Å²) in [6.07, 6.45) is 0. The van der Waals surface area contributed by atoms with Crippen LogP contribution in [0.4, 0.5) is 8.78 Å². The molecule has 0 atom stereocenters. The number of rotatable bonds is 3. The van der Waals surface area contributed by atoms with Gasteiger partial charge in [0.2, 0.25) is 0 Å². The van der Waals surface area contributed by atoms with Gasteiger partial charge in [-0.05, 0) is 38.5 Å². The summed E-state index contributed by atoms with van der Waals surface area (Å²) in [5.41, 5.74) is -0.588. The van der Waals surface area contributed by atoms with Gasteiger partial charge in [0.25, 0.3) is 0 Å². The first-order chi connectivity index (χ1) is 7.39. The van der Waals surface area contributed by atoms with Crippen molar-refractivity contribution in [3.05, 3.63) is 35.4 Å². The lowest BCUT2D eigenvalue weighted by Crippen LogP contribution is -2.31. The highest BCUT2D eigenvalue weighted by molar-refractivity contribution is 5.82. The number of carbonyl (C=O) groups is 1. The highest BCUT2D eigenvalue weighted by Crippen LogP contribution is 2.26. The van der Waals surface area contributed by atoms with E-state index in [2.05, 4.69) is 0 Å². The molecule has 1 aromatic rings. The van der Waals surface area contributed by atoms with Gasteiger partial charge in [-0.2, -0.15) is 0 Å². The van der Waals surface area contributed by atoms with Gasteiger partial charge in [0.15, 0.2) is 11.6 Å². The Kier molecular flexibility index (Phi) is 3.62. The molecule has 0 N–H and O–H groups in total. The van der Waals surface area contributed by atoms with Crippen molar-refractivity contribution in [3.8, 4) is 0 Å². The van der Waals surface area contributed by atoms with Gasteiger partial charge in [0.05, 0.1) is 12.0 Å². The maximum Gasteiger partial charge on any atom is 0.315 e. The molecule has 1 aromatic carbocycles. The van der Waals surface area contributed by atoms with Gasteiger partial charge >= 0.3 is 5.97 Å². The quantitative estimate of drug-likeness (QED) is 0.743. The lowest BCUT2D eigenvalue weighted by Gasteiger charge is -2.22. The van der Waals surface area contributed by atoms with Crippen LogP contribution in [-0.2, 0) is 14.9 Å². The molecule has 2 nitrogen and oxygen atoms in total. The van der Waals surface area contributed by atoms with E-state index in [9.17, 15) is 13.6 Å². The van der Waals surface area contributed by atoms with Crippen molar-refractivity contribution in [2.75, 3.05) is 6.61 Å². The topological polar surface area (TPSA) is 26.3 Å². The van der Waals surface area contributed by atoms with Gasteiger partial charge in [-0.25, -0.2) is 8.78 Å². The minimum absolute atomic E-state index is 0.256. The number of halogens is 2. The molecule has 0 aromatic heterocycles. The van der Waals surface area contributed by atoms with Crippen molar-refractivity contribution in [2.24, 2.45) is 0 Å². The molecule has 0 bridgehead atoms. The van der Waals surface area contributed by atoms with Crippen LogP contribution in [0, 0.1) is 11.6 Å². The summed E-state index contributed by atoms with van der Waals surface area (Å²) in [5.74, 6) is -2.35. The predicted octanol–water partition coefficient (Wildman–Crippen LogP) is 2.81. The standard InChI is InChI=1S/C12H14F2O2/c1-4-16-11(15)12(2,3)8-5-6-9(13)10(14)7-8/h5-7H,4H2,1-3H3. The summed E-state index contributed by atoms with van der Waals surface area (Å²) >= 11 is 0. The van der Waals surface area contributed by atoms with Gasteiger partial charge < -0.3 is 4.74 Å². The Morgan fingerprint density at radius 2 is 1.94 bits per heavy atom. The van der Waals surface area contributed by atoms with E-state index in [0.29, 0.717) is 5.56 Å². The van der Waals surface area contributed by atoms with Crippen LogP contribution in [0.25, 0.3) is 0 Å². The van der Waals surface area contributed by atoms with Gasteiger partial charge in [-0.15, -0.1) is 0 Å². The molecule has 0 heterocycles. The minimum atomic E-state index is -0.982. The number of hydrogen-bond acceptors (Lipinski definition) is 2. The highest BCUT2D eigenvalue weighted by atomic mass is 19.2. The summed E-state index contributed by atoms with van der Waals surface area (Å²) in [7, 11) is 0. The lowest BCUT2D eigenvalue weighted by molar-refractivity contribution is -0.148. The van der Waals surface area contributed by atoms with E-state index >= 15 is 0 Å². The Bertz CT molecular complexity index is 400. The minimum Gasteiger partial charge on any atom is -0.465 e. The van der Waals surface area contributed by atoms with Crippen LogP contribution in [0.1, 0.15) is 26.3 Å². The molecule has 88 valence electrons. The van der Waals surface area contributed by atoms with Gasteiger partial charge in [-0.3, -0.25) is 4.79 Å². The molecule has 0 aliphatic heterocycles. The normalized spacial score (nSPS) is 11.3. The van der Waals surface area contributed by atoms with Crippen LogP contribution < -0.4 is 0 Å². The summed E-state index contributed by atoms with van der Waals surface area (Å²) in [5, 5.41) is 0. The molecule has 0 saturated heterocycles. The lowest BCUT2D eigenvalue weighted by atomic mass is 9.85. The molecule has 0 spiro atoms. The third-order valence-corrected chi connectivity index (χ3v) is 2.43. The average Bonchev–Trinajstić information content (AvgIpc) is 2.22. The van der Waals surface area contributed by atoms with Crippen molar-refractivity contribution in [3.63, 3.8) is 0 Å².